The molecule has 1 heterocycles. The number of rotatable bonds is 6. The number of nitrogens with one attached hydrogen (secondary N) is 2. The minimum atomic E-state index is -4.71. The number of allylic oxidation sites excluding steroid dienone is 7. The van der Waals surface area contributed by atoms with Crippen LogP contribution in [0.1, 0.15) is 33.6 Å². The first-order valence-corrected chi connectivity index (χ1v) is 11.1. The summed E-state index contributed by atoms with van der Waals surface area (Å²) in [5.74, 6) is -3.39. The Balaban J connectivity index is 1.79. The molecule has 3 rings (SSSR count). The van der Waals surface area contributed by atoms with E-state index in [9.17, 15) is 27.2 Å². The molecule has 0 aromatic carbocycles. The summed E-state index contributed by atoms with van der Waals surface area (Å²) in [5, 5.41) is 13.7. The quantitative estimate of drug-likeness (QED) is 0.478. The van der Waals surface area contributed by atoms with Gasteiger partial charge in [0.2, 0.25) is 5.91 Å². The van der Waals surface area contributed by atoms with Crippen LogP contribution in [0.3, 0.4) is 0 Å². The highest BCUT2D eigenvalue weighted by Crippen LogP contribution is 2.46. The van der Waals surface area contributed by atoms with Crippen LogP contribution >= 0.6 is 0 Å². The van der Waals surface area contributed by atoms with E-state index in [0.29, 0.717) is 11.1 Å². The first-order chi connectivity index (χ1) is 16.3. The summed E-state index contributed by atoms with van der Waals surface area (Å²) in [7, 11) is 0. The van der Waals surface area contributed by atoms with Gasteiger partial charge in [-0.15, -0.1) is 0 Å². The fourth-order valence-corrected chi connectivity index (χ4v) is 3.95. The van der Waals surface area contributed by atoms with Gasteiger partial charge in [0.1, 0.15) is 22.9 Å². The number of halogens is 4. The molecule has 3 N–H and O–H groups in total. The number of alkyl halides is 3. The summed E-state index contributed by atoms with van der Waals surface area (Å²) in [6.07, 6.45) is -0.477. The summed E-state index contributed by atoms with van der Waals surface area (Å²) in [5.41, 5.74) is -0.979. The molecule has 1 aliphatic heterocycles. The zero-order valence-corrected chi connectivity index (χ0v) is 19.6. The molecule has 3 aliphatic rings. The van der Waals surface area contributed by atoms with E-state index < -0.39 is 47.0 Å². The van der Waals surface area contributed by atoms with Gasteiger partial charge in [-0.05, 0) is 63.0 Å². The highest BCUT2D eigenvalue weighted by molar-refractivity contribution is 5.82. The van der Waals surface area contributed by atoms with E-state index in [0.717, 1.165) is 12.2 Å². The minimum Gasteiger partial charge on any atom is -0.463 e. The van der Waals surface area contributed by atoms with Crippen molar-refractivity contribution in [3.8, 4) is 0 Å². The van der Waals surface area contributed by atoms with Crippen molar-refractivity contribution in [2.75, 3.05) is 19.7 Å². The molecule has 0 fully saturated rings. The molecule has 2 aliphatic carbocycles. The summed E-state index contributed by atoms with van der Waals surface area (Å²) < 4.78 is 66.5. The predicted octanol–water partition coefficient (Wildman–Crippen LogP) is 4.10. The smallest absolute Gasteiger partial charge is 0.419 e. The van der Waals surface area contributed by atoms with E-state index in [2.05, 4.69) is 10.6 Å². The van der Waals surface area contributed by atoms with Crippen LogP contribution < -0.4 is 10.6 Å². The highest BCUT2D eigenvalue weighted by Gasteiger charge is 2.43. The van der Waals surface area contributed by atoms with Crippen molar-refractivity contribution in [3.63, 3.8) is 0 Å². The second kappa shape index (κ2) is 10.3. The number of fused-ring (bicyclic) bond motifs is 1. The number of hydrogen-bond donors (Lipinski definition) is 3. The van der Waals surface area contributed by atoms with Crippen molar-refractivity contribution in [2.24, 2.45) is 11.8 Å². The van der Waals surface area contributed by atoms with Gasteiger partial charge in [0.05, 0.1) is 24.6 Å². The Kier molecular flexibility index (Phi) is 7.78. The van der Waals surface area contributed by atoms with Crippen molar-refractivity contribution < 1.29 is 41.7 Å². The summed E-state index contributed by atoms with van der Waals surface area (Å²) in [4.78, 5) is 24.1. The molecule has 35 heavy (non-hydrogen) atoms. The topological polar surface area (TPSA) is 96.9 Å². The fourth-order valence-electron chi connectivity index (χ4n) is 3.95. The normalized spacial score (nSPS) is 22.3. The molecule has 2 atom stereocenters. The zero-order chi connectivity index (χ0) is 26.0. The Labute approximate surface area is 200 Å². The summed E-state index contributed by atoms with van der Waals surface area (Å²) in [6.45, 7) is 4.52. The van der Waals surface area contributed by atoms with E-state index in [1.54, 1.807) is 20.8 Å². The molecule has 0 spiro atoms. The Morgan fingerprint density at radius 3 is 2.49 bits per heavy atom. The number of aliphatic hydroxyl groups is 1. The molecule has 7 nitrogen and oxygen atoms in total. The van der Waals surface area contributed by atoms with Crippen LogP contribution in [0.5, 0.6) is 0 Å². The van der Waals surface area contributed by atoms with Crippen LogP contribution in [0.4, 0.5) is 22.4 Å². The second-order valence-corrected chi connectivity index (χ2v) is 9.36. The summed E-state index contributed by atoms with van der Waals surface area (Å²) in [6, 6.07) is 0. The van der Waals surface area contributed by atoms with Gasteiger partial charge >= 0.3 is 12.3 Å². The average molecular weight is 500 g/mol. The van der Waals surface area contributed by atoms with Crippen LogP contribution in [-0.4, -0.2) is 48.6 Å². The Morgan fingerprint density at radius 1 is 1.14 bits per heavy atom. The van der Waals surface area contributed by atoms with Gasteiger partial charge in [-0.1, -0.05) is 6.08 Å². The van der Waals surface area contributed by atoms with Gasteiger partial charge in [-0.25, -0.2) is 9.18 Å². The van der Waals surface area contributed by atoms with Crippen LogP contribution in [0, 0.1) is 11.8 Å². The number of ether oxygens (including phenoxy) is 2. The third kappa shape index (κ3) is 6.74. The number of carbonyl (C=O) groups is 2. The Hall–Kier alpha value is -3.08. The molecular formula is C24H28F4N2O5. The van der Waals surface area contributed by atoms with E-state index in [1.165, 1.54) is 12.2 Å². The SMILES string of the molecule is CC(C)(C)OC(=O)NCC1=CC2CC(C3=CC=C(F)C(C(=O)NCCO)C3)=CC(C(F)(F)F)=C2O1. The molecule has 0 saturated heterocycles. The molecule has 0 aromatic rings. The van der Waals surface area contributed by atoms with Gasteiger partial charge in [-0.2, -0.15) is 13.2 Å². The first-order valence-electron chi connectivity index (χ1n) is 11.1. The average Bonchev–Trinajstić information content (AvgIpc) is 3.16. The predicted molar refractivity (Wildman–Crippen MR) is 118 cm³/mol. The molecule has 0 aromatic heterocycles. The Bertz CT molecular complexity index is 1030. The maximum Gasteiger partial charge on any atom is 0.419 e. The maximum absolute atomic E-state index is 14.3. The Morgan fingerprint density at radius 2 is 1.86 bits per heavy atom. The lowest BCUT2D eigenvalue weighted by Gasteiger charge is -2.27. The molecule has 2 amide bonds. The lowest BCUT2D eigenvalue weighted by atomic mass is 9.80. The molecule has 0 radical (unpaired) electrons. The van der Waals surface area contributed by atoms with Crippen LogP contribution in [-0.2, 0) is 14.3 Å². The number of alkyl carbamates (subject to hydrolysis) is 1. The van der Waals surface area contributed by atoms with Crippen molar-refractivity contribution in [2.45, 2.75) is 45.4 Å². The van der Waals surface area contributed by atoms with Crippen molar-refractivity contribution in [3.05, 3.63) is 58.4 Å². The van der Waals surface area contributed by atoms with Crippen molar-refractivity contribution in [1.29, 1.82) is 0 Å². The van der Waals surface area contributed by atoms with Crippen LogP contribution in [0.25, 0.3) is 0 Å². The monoisotopic (exact) mass is 500 g/mol. The van der Waals surface area contributed by atoms with E-state index in [-0.39, 0.29) is 44.1 Å². The second-order valence-electron chi connectivity index (χ2n) is 9.36. The largest absolute Gasteiger partial charge is 0.463 e. The number of carbonyl (C=O) groups excluding carboxylic acids is 2. The maximum atomic E-state index is 14.3. The first kappa shape index (κ1) is 26.5. The zero-order valence-electron chi connectivity index (χ0n) is 19.6. The molecular weight excluding hydrogens is 472 g/mol. The van der Waals surface area contributed by atoms with Gasteiger partial charge in [0, 0.05) is 12.5 Å². The number of hydrogen-bond acceptors (Lipinski definition) is 5. The lowest BCUT2D eigenvalue weighted by Crippen LogP contribution is -2.34. The molecule has 0 saturated carbocycles. The van der Waals surface area contributed by atoms with Gasteiger partial charge in [0.25, 0.3) is 0 Å². The molecule has 0 bridgehead atoms. The number of amides is 2. The standard InChI is InChI=1S/C24H28F4N2O5/c1-23(2,3)35-22(33)30-12-16-9-15-8-14(11-18(20(15)34-16)24(26,27)28)13-4-5-19(25)17(10-13)21(32)29-6-7-31/h4-5,9,11,15,17,31H,6-8,10,12H2,1-3H3,(H,29,32)(H,30,33). The molecule has 11 heteroatoms. The van der Waals surface area contributed by atoms with Gasteiger partial charge < -0.3 is 25.2 Å². The number of aliphatic hydroxyl groups excluding tert-OH is 1. The van der Waals surface area contributed by atoms with Crippen molar-refractivity contribution >= 4 is 12.0 Å². The minimum absolute atomic E-state index is 0.0566. The lowest BCUT2D eigenvalue weighted by molar-refractivity contribution is -0.124. The van der Waals surface area contributed by atoms with E-state index in [1.807, 2.05) is 0 Å². The highest BCUT2D eigenvalue weighted by atomic mass is 19.4. The van der Waals surface area contributed by atoms with E-state index in [4.69, 9.17) is 14.6 Å². The van der Waals surface area contributed by atoms with Crippen molar-refractivity contribution in [1.82, 2.24) is 10.6 Å². The third-order valence-electron chi connectivity index (χ3n) is 5.44. The third-order valence-corrected chi connectivity index (χ3v) is 5.44. The van der Waals surface area contributed by atoms with Crippen LogP contribution in [0.2, 0.25) is 0 Å². The fraction of sp³-hybridized carbons (Fsp3) is 0.500. The van der Waals surface area contributed by atoms with Gasteiger partial charge in [0.15, 0.2) is 0 Å². The molecule has 2 unspecified atom stereocenters. The molecule has 192 valence electrons. The van der Waals surface area contributed by atoms with E-state index >= 15 is 0 Å². The van der Waals surface area contributed by atoms with Crippen LogP contribution in [0.15, 0.2) is 58.4 Å². The summed E-state index contributed by atoms with van der Waals surface area (Å²) >= 11 is 0. The van der Waals surface area contributed by atoms with Gasteiger partial charge in [-0.3, -0.25) is 4.79 Å².